The molecule has 0 bridgehead atoms. The van der Waals surface area contributed by atoms with Crippen LogP contribution in [0.5, 0.6) is 0 Å². The summed E-state index contributed by atoms with van der Waals surface area (Å²) >= 11 is 0. The molecule has 2 aliphatic carbocycles. The molecule has 1 aromatic carbocycles. The van der Waals surface area contributed by atoms with E-state index in [0.717, 1.165) is 32.1 Å². The van der Waals surface area contributed by atoms with Gasteiger partial charge in [-0.1, -0.05) is 30.3 Å². The molecule has 4 aliphatic rings. The molecular weight excluding hydrogens is 478 g/mol. The van der Waals surface area contributed by atoms with Crippen molar-refractivity contribution in [2.24, 2.45) is 0 Å². The predicted molar refractivity (Wildman–Crippen MR) is 138 cm³/mol. The van der Waals surface area contributed by atoms with E-state index in [-0.39, 0.29) is 42.5 Å². The number of hydrogen-bond acceptors (Lipinski definition) is 6. The van der Waals surface area contributed by atoms with Crippen molar-refractivity contribution in [3.63, 3.8) is 0 Å². The van der Waals surface area contributed by atoms with Crippen LogP contribution in [0.3, 0.4) is 0 Å². The summed E-state index contributed by atoms with van der Waals surface area (Å²) in [6.07, 6.45) is 6.12. The number of β-amino-alcohol motifs (C(OH)–C–C–N with tert-alkyl or cyclic N) is 2. The predicted octanol–water partition coefficient (Wildman–Crippen LogP) is 2.35. The lowest BCUT2D eigenvalue weighted by atomic mass is 9.67. The number of rotatable bonds is 6. The van der Waals surface area contributed by atoms with Gasteiger partial charge in [-0.05, 0) is 77.4 Å². The van der Waals surface area contributed by atoms with Gasteiger partial charge in [0.25, 0.3) is 0 Å². The van der Waals surface area contributed by atoms with Crippen LogP contribution >= 0.6 is 0 Å². The first kappa shape index (κ1) is 25.9. The normalized spacial score (nSPS) is 30.5. The first-order valence-corrected chi connectivity index (χ1v) is 15.2. The Hall–Kier alpha value is -1.68. The fraction of sp³-hybridized carbons (Fsp3) is 0.741. The molecular formula is C27H41N3O5S. The smallest absolute Gasteiger partial charge is 0.320 e. The van der Waals surface area contributed by atoms with Crippen molar-refractivity contribution in [3.8, 4) is 0 Å². The van der Waals surface area contributed by atoms with Gasteiger partial charge in [-0.25, -0.2) is 13.2 Å². The lowest BCUT2D eigenvalue weighted by Gasteiger charge is -2.52. The molecule has 1 spiro atoms. The van der Waals surface area contributed by atoms with Crippen LogP contribution in [0.25, 0.3) is 0 Å². The van der Waals surface area contributed by atoms with Gasteiger partial charge in [-0.3, -0.25) is 4.90 Å². The Morgan fingerprint density at radius 1 is 0.861 bits per heavy atom. The molecule has 9 heteroatoms. The van der Waals surface area contributed by atoms with Crippen LogP contribution in [0.4, 0.5) is 4.79 Å². The third-order valence-electron chi connectivity index (χ3n) is 9.71. The van der Waals surface area contributed by atoms with E-state index >= 15 is 0 Å². The molecule has 5 rings (SSSR count). The number of carbonyl (C=O) groups excluding carboxylic acids is 1. The molecule has 1 aromatic rings. The Morgan fingerprint density at radius 2 is 1.44 bits per heavy atom. The highest BCUT2D eigenvalue weighted by atomic mass is 32.2. The second kappa shape index (κ2) is 8.96. The van der Waals surface area contributed by atoms with E-state index in [4.69, 9.17) is 0 Å². The lowest BCUT2D eigenvalue weighted by molar-refractivity contribution is -0.0725. The highest BCUT2D eigenvalue weighted by Crippen LogP contribution is 2.50. The SMILES string of the molecule is CN(C)[C@]1(c2ccccc2)CC[C@@]2(CC1)CN(CC1(O)CCS(=O)(=O)CC1)C(=O)N2CC1(O)CCC1. The molecule has 4 fully saturated rings. The van der Waals surface area contributed by atoms with E-state index in [0.29, 0.717) is 25.9 Å². The van der Waals surface area contributed by atoms with Gasteiger partial charge in [0.05, 0.1) is 41.3 Å². The maximum absolute atomic E-state index is 13.8. The van der Waals surface area contributed by atoms with E-state index in [1.165, 1.54) is 5.56 Å². The van der Waals surface area contributed by atoms with Crippen molar-refractivity contribution in [3.05, 3.63) is 35.9 Å². The Kier molecular flexibility index (Phi) is 6.46. The van der Waals surface area contributed by atoms with Crippen molar-refractivity contribution in [2.75, 3.05) is 45.2 Å². The number of nitrogens with zero attached hydrogens (tertiary/aromatic N) is 3. The fourth-order valence-corrected chi connectivity index (χ4v) is 8.59. The molecule has 2 saturated carbocycles. The Balaban J connectivity index is 1.39. The summed E-state index contributed by atoms with van der Waals surface area (Å²) in [7, 11) is 1.13. The van der Waals surface area contributed by atoms with E-state index < -0.39 is 26.6 Å². The van der Waals surface area contributed by atoms with Gasteiger partial charge in [-0.15, -0.1) is 0 Å². The lowest BCUT2D eigenvalue weighted by Crippen LogP contribution is -2.59. The molecule has 0 atom stereocenters. The maximum atomic E-state index is 13.8. The highest BCUT2D eigenvalue weighted by molar-refractivity contribution is 7.91. The van der Waals surface area contributed by atoms with E-state index in [1.807, 2.05) is 11.0 Å². The summed E-state index contributed by atoms with van der Waals surface area (Å²) in [6, 6.07) is 10.4. The zero-order chi connectivity index (χ0) is 25.8. The average Bonchev–Trinajstić information content (AvgIpc) is 3.06. The molecule has 36 heavy (non-hydrogen) atoms. The molecule has 200 valence electrons. The number of sulfone groups is 1. The van der Waals surface area contributed by atoms with Crippen LogP contribution in [0.15, 0.2) is 30.3 Å². The van der Waals surface area contributed by atoms with Crippen molar-refractivity contribution in [1.82, 2.24) is 14.7 Å². The molecule has 8 nitrogen and oxygen atoms in total. The van der Waals surface area contributed by atoms with Crippen LogP contribution in [0.2, 0.25) is 0 Å². The van der Waals surface area contributed by atoms with Crippen LogP contribution in [-0.2, 0) is 15.4 Å². The minimum atomic E-state index is -3.12. The first-order chi connectivity index (χ1) is 16.9. The molecule has 2 aliphatic heterocycles. The fourth-order valence-electron chi connectivity index (χ4n) is 7.01. The molecule has 0 radical (unpaired) electrons. The average molecular weight is 520 g/mol. The summed E-state index contributed by atoms with van der Waals surface area (Å²) in [4.78, 5) is 19.8. The summed E-state index contributed by atoms with van der Waals surface area (Å²) in [5.74, 6) is -0.0782. The summed E-state index contributed by atoms with van der Waals surface area (Å²) < 4.78 is 23.9. The second-order valence-corrected chi connectivity index (χ2v) is 14.5. The summed E-state index contributed by atoms with van der Waals surface area (Å²) in [6.45, 7) is 0.986. The first-order valence-electron chi connectivity index (χ1n) is 13.3. The number of aliphatic hydroxyl groups is 2. The van der Waals surface area contributed by atoms with Gasteiger partial charge in [0.2, 0.25) is 0 Å². The minimum Gasteiger partial charge on any atom is -0.388 e. The Bertz CT molecular complexity index is 1060. The highest BCUT2D eigenvalue weighted by Gasteiger charge is 2.57. The van der Waals surface area contributed by atoms with E-state index in [1.54, 1.807) is 4.90 Å². The topological polar surface area (TPSA) is 101 Å². The molecule has 2 N–H and O–H groups in total. The Morgan fingerprint density at radius 3 is 1.97 bits per heavy atom. The number of amides is 2. The van der Waals surface area contributed by atoms with Crippen molar-refractivity contribution in [1.29, 1.82) is 0 Å². The zero-order valence-corrected chi connectivity index (χ0v) is 22.5. The monoisotopic (exact) mass is 519 g/mol. The molecule has 2 amide bonds. The number of benzene rings is 1. The molecule has 2 heterocycles. The van der Waals surface area contributed by atoms with Crippen molar-refractivity contribution < 1.29 is 23.4 Å². The standard InChI is InChI=1S/C27H41N3O5S/c1-28(2)27(22-7-4-3-5-8-22)13-11-24(12-14-27)19-29(20-26(33)15-17-36(34,35)18-16-26)23(31)30(24)21-25(32)9-6-10-25/h3-5,7-8,32-33H,6,9-21H2,1-2H3/t24-,27-. The van der Waals surface area contributed by atoms with Gasteiger partial charge in [0.15, 0.2) is 9.84 Å². The second-order valence-electron chi connectivity index (χ2n) is 12.2. The molecule has 0 aromatic heterocycles. The zero-order valence-electron chi connectivity index (χ0n) is 21.7. The van der Waals surface area contributed by atoms with Gasteiger partial charge in [0.1, 0.15) is 0 Å². The largest absolute Gasteiger partial charge is 0.388 e. The van der Waals surface area contributed by atoms with Gasteiger partial charge in [0, 0.05) is 12.1 Å². The van der Waals surface area contributed by atoms with Gasteiger partial charge >= 0.3 is 6.03 Å². The summed E-state index contributed by atoms with van der Waals surface area (Å²) in [5, 5.41) is 22.3. The number of urea groups is 1. The van der Waals surface area contributed by atoms with Gasteiger partial charge in [-0.2, -0.15) is 0 Å². The molecule has 2 saturated heterocycles. The van der Waals surface area contributed by atoms with Gasteiger partial charge < -0.3 is 20.0 Å². The Labute approximate surface area is 215 Å². The third kappa shape index (κ3) is 4.57. The van der Waals surface area contributed by atoms with E-state index in [9.17, 15) is 23.4 Å². The quantitative estimate of drug-likeness (QED) is 0.598. The molecule has 0 unspecified atom stereocenters. The van der Waals surface area contributed by atoms with Crippen LogP contribution in [0, 0.1) is 0 Å². The third-order valence-corrected chi connectivity index (χ3v) is 11.4. The van der Waals surface area contributed by atoms with E-state index in [2.05, 4.69) is 43.3 Å². The van der Waals surface area contributed by atoms with Crippen LogP contribution in [-0.4, -0.2) is 101 Å². The number of carbonyl (C=O) groups is 1. The van der Waals surface area contributed by atoms with Crippen molar-refractivity contribution >= 4 is 15.9 Å². The van der Waals surface area contributed by atoms with Crippen LogP contribution < -0.4 is 0 Å². The summed E-state index contributed by atoms with van der Waals surface area (Å²) in [5.41, 5.74) is -1.24. The minimum absolute atomic E-state index is 0.0391. The number of hydrogen-bond donors (Lipinski definition) is 2. The van der Waals surface area contributed by atoms with Crippen LogP contribution in [0.1, 0.15) is 63.4 Å². The maximum Gasteiger partial charge on any atom is 0.320 e. The van der Waals surface area contributed by atoms with Crippen molar-refractivity contribution in [2.45, 2.75) is 80.1 Å².